The summed E-state index contributed by atoms with van der Waals surface area (Å²) in [7, 11) is 1.32. The summed E-state index contributed by atoms with van der Waals surface area (Å²) >= 11 is 6.09. The fourth-order valence-electron chi connectivity index (χ4n) is 2.15. The van der Waals surface area contributed by atoms with Gasteiger partial charge in [0.15, 0.2) is 0 Å². The first-order chi connectivity index (χ1) is 9.61. The predicted molar refractivity (Wildman–Crippen MR) is 77.8 cm³/mol. The Hall–Kier alpha value is -1.81. The van der Waals surface area contributed by atoms with Gasteiger partial charge >= 0.3 is 5.97 Å². The van der Waals surface area contributed by atoms with E-state index in [-0.39, 0.29) is 5.91 Å². The quantitative estimate of drug-likeness (QED) is 0.868. The molecular formula is C15H16ClNO3. The molecule has 0 bridgehead atoms. The molecule has 1 aromatic rings. The van der Waals surface area contributed by atoms with Gasteiger partial charge in [0.25, 0.3) is 5.91 Å². The zero-order valence-electron chi connectivity index (χ0n) is 11.2. The van der Waals surface area contributed by atoms with Crippen molar-refractivity contribution >= 4 is 29.2 Å². The monoisotopic (exact) mass is 293 g/mol. The van der Waals surface area contributed by atoms with Crippen LogP contribution in [-0.4, -0.2) is 19.0 Å². The second-order valence-corrected chi connectivity index (χ2v) is 5.07. The van der Waals surface area contributed by atoms with Crippen LogP contribution < -0.4 is 5.32 Å². The summed E-state index contributed by atoms with van der Waals surface area (Å²) in [5.74, 6) is -0.632. The number of ether oxygens (including phenoxy) is 1. The SMILES string of the molecule is COC(=O)c1cccc(NC(=O)C2=C(Cl)CCCC2)c1. The molecule has 1 amide bonds. The molecule has 2 rings (SSSR count). The molecule has 20 heavy (non-hydrogen) atoms. The first-order valence-electron chi connectivity index (χ1n) is 6.49. The number of methoxy groups -OCH3 is 1. The summed E-state index contributed by atoms with van der Waals surface area (Å²) in [6.45, 7) is 0. The van der Waals surface area contributed by atoms with Gasteiger partial charge in [-0.25, -0.2) is 4.79 Å². The minimum Gasteiger partial charge on any atom is -0.465 e. The number of anilines is 1. The summed E-state index contributed by atoms with van der Waals surface area (Å²) in [6.07, 6.45) is 3.45. The maximum Gasteiger partial charge on any atom is 0.337 e. The fraction of sp³-hybridized carbons (Fsp3) is 0.333. The third-order valence-electron chi connectivity index (χ3n) is 3.22. The van der Waals surface area contributed by atoms with Crippen molar-refractivity contribution in [2.45, 2.75) is 25.7 Å². The maximum atomic E-state index is 12.2. The van der Waals surface area contributed by atoms with E-state index in [0.29, 0.717) is 28.3 Å². The molecule has 0 aromatic heterocycles. The van der Waals surface area contributed by atoms with Gasteiger partial charge in [0.2, 0.25) is 0 Å². The molecule has 0 heterocycles. The van der Waals surface area contributed by atoms with Crippen molar-refractivity contribution in [3.63, 3.8) is 0 Å². The molecule has 106 valence electrons. The lowest BCUT2D eigenvalue weighted by Crippen LogP contribution is -2.17. The average Bonchev–Trinajstić information content (AvgIpc) is 2.47. The second-order valence-electron chi connectivity index (χ2n) is 4.62. The number of esters is 1. The van der Waals surface area contributed by atoms with Gasteiger partial charge in [-0.15, -0.1) is 0 Å². The van der Waals surface area contributed by atoms with Crippen LogP contribution in [0.5, 0.6) is 0 Å². The lowest BCUT2D eigenvalue weighted by Gasteiger charge is -2.16. The minimum atomic E-state index is -0.434. The number of hydrogen-bond acceptors (Lipinski definition) is 3. The largest absolute Gasteiger partial charge is 0.465 e. The molecule has 5 heteroatoms. The number of benzene rings is 1. The Kier molecular flexibility index (Phi) is 4.79. The lowest BCUT2D eigenvalue weighted by molar-refractivity contribution is -0.113. The van der Waals surface area contributed by atoms with E-state index in [9.17, 15) is 9.59 Å². The predicted octanol–water partition coefficient (Wildman–Crippen LogP) is 3.48. The summed E-state index contributed by atoms with van der Waals surface area (Å²) in [4.78, 5) is 23.6. The highest BCUT2D eigenvalue weighted by atomic mass is 35.5. The Morgan fingerprint density at radius 2 is 2.00 bits per heavy atom. The van der Waals surface area contributed by atoms with Gasteiger partial charge in [0, 0.05) is 16.3 Å². The van der Waals surface area contributed by atoms with Crippen LogP contribution in [0.15, 0.2) is 34.9 Å². The van der Waals surface area contributed by atoms with Crippen LogP contribution in [0.1, 0.15) is 36.0 Å². The van der Waals surface area contributed by atoms with Crippen LogP contribution in [0.3, 0.4) is 0 Å². The summed E-state index contributed by atoms with van der Waals surface area (Å²) in [6, 6.07) is 6.63. The first-order valence-corrected chi connectivity index (χ1v) is 6.87. The third-order valence-corrected chi connectivity index (χ3v) is 3.63. The highest BCUT2D eigenvalue weighted by Crippen LogP contribution is 2.28. The average molecular weight is 294 g/mol. The van der Waals surface area contributed by atoms with Crippen molar-refractivity contribution in [1.29, 1.82) is 0 Å². The highest BCUT2D eigenvalue weighted by Gasteiger charge is 2.18. The van der Waals surface area contributed by atoms with Crippen LogP contribution in [0.25, 0.3) is 0 Å². The van der Waals surface area contributed by atoms with Crippen LogP contribution in [0, 0.1) is 0 Å². The molecule has 1 N–H and O–H groups in total. The molecule has 1 aromatic carbocycles. The van der Waals surface area contributed by atoms with E-state index in [0.717, 1.165) is 19.3 Å². The molecule has 0 radical (unpaired) electrons. The van der Waals surface area contributed by atoms with E-state index in [1.807, 2.05) is 0 Å². The van der Waals surface area contributed by atoms with Gasteiger partial charge in [0.1, 0.15) is 0 Å². The van der Waals surface area contributed by atoms with Crippen LogP contribution in [-0.2, 0) is 9.53 Å². The number of hydrogen-bond donors (Lipinski definition) is 1. The molecule has 0 spiro atoms. The fourth-order valence-corrected chi connectivity index (χ4v) is 2.47. The van der Waals surface area contributed by atoms with Crippen LogP contribution in [0.2, 0.25) is 0 Å². The van der Waals surface area contributed by atoms with E-state index >= 15 is 0 Å². The number of carbonyl (C=O) groups excluding carboxylic acids is 2. The third kappa shape index (κ3) is 3.39. The van der Waals surface area contributed by atoms with Crippen molar-refractivity contribution in [3.05, 3.63) is 40.4 Å². The van der Waals surface area contributed by atoms with Crippen LogP contribution in [0.4, 0.5) is 5.69 Å². The lowest BCUT2D eigenvalue weighted by atomic mass is 9.98. The highest BCUT2D eigenvalue weighted by molar-refractivity contribution is 6.32. The van der Waals surface area contributed by atoms with E-state index in [1.165, 1.54) is 7.11 Å². The number of allylic oxidation sites excluding steroid dienone is 1. The Bertz CT molecular complexity index is 566. The summed E-state index contributed by atoms with van der Waals surface area (Å²) < 4.78 is 4.65. The smallest absolute Gasteiger partial charge is 0.337 e. The number of rotatable bonds is 3. The molecule has 0 fully saturated rings. The Morgan fingerprint density at radius 1 is 1.25 bits per heavy atom. The van der Waals surface area contributed by atoms with Crippen LogP contribution >= 0.6 is 11.6 Å². The van der Waals surface area contributed by atoms with E-state index in [2.05, 4.69) is 10.1 Å². The minimum absolute atomic E-state index is 0.197. The molecule has 0 aliphatic heterocycles. The second kappa shape index (κ2) is 6.57. The molecule has 0 atom stereocenters. The normalized spacial score (nSPS) is 14.9. The van der Waals surface area contributed by atoms with Gasteiger partial charge in [-0.2, -0.15) is 0 Å². The number of amides is 1. The zero-order valence-corrected chi connectivity index (χ0v) is 12.0. The summed E-state index contributed by atoms with van der Waals surface area (Å²) in [5.41, 5.74) is 1.59. The molecule has 1 aliphatic rings. The van der Waals surface area contributed by atoms with Gasteiger partial charge in [-0.1, -0.05) is 17.7 Å². The van der Waals surface area contributed by atoms with Gasteiger partial charge in [-0.05, 0) is 43.9 Å². The Labute approximate surface area is 122 Å². The van der Waals surface area contributed by atoms with Crippen molar-refractivity contribution in [2.75, 3.05) is 12.4 Å². The van der Waals surface area contributed by atoms with Gasteiger partial charge < -0.3 is 10.1 Å². The first kappa shape index (κ1) is 14.6. The zero-order chi connectivity index (χ0) is 14.5. The molecule has 0 unspecified atom stereocenters. The number of halogens is 1. The standard InChI is InChI=1S/C15H16ClNO3/c1-20-15(19)10-5-4-6-11(9-10)17-14(18)12-7-2-3-8-13(12)16/h4-6,9H,2-3,7-8H2,1H3,(H,17,18). The molecule has 4 nitrogen and oxygen atoms in total. The summed E-state index contributed by atoms with van der Waals surface area (Å²) in [5, 5.41) is 3.41. The number of nitrogens with one attached hydrogen (secondary N) is 1. The van der Waals surface area contributed by atoms with E-state index in [4.69, 9.17) is 11.6 Å². The van der Waals surface area contributed by atoms with Crippen molar-refractivity contribution in [1.82, 2.24) is 0 Å². The van der Waals surface area contributed by atoms with E-state index < -0.39 is 5.97 Å². The Morgan fingerprint density at radius 3 is 2.70 bits per heavy atom. The molecule has 0 saturated carbocycles. The van der Waals surface area contributed by atoms with Gasteiger partial charge in [0.05, 0.1) is 12.7 Å². The topological polar surface area (TPSA) is 55.4 Å². The van der Waals surface area contributed by atoms with E-state index in [1.54, 1.807) is 24.3 Å². The number of carbonyl (C=O) groups is 2. The molecule has 0 saturated heterocycles. The van der Waals surface area contributed by atoms with Crippen molar-refractivity contribution < 1.29 is 14.3 Å². The maximum absolute atomic E-state index is 12.2. The van der Waals surface area contributed by atoms with Gasteiger partial charge in [-0.3, -0.25) is 4.79 Å². The molecule has 1 aliphatic carbocycles. The van der Waals surface area contributed by atoms with Crippen molar-refractivity contribution in [3.8, 4) is 0 Å². The molecular weight excluding hydrogens is 278 g/mol. The Balaban J connectivity index is 2.14. The van der Waals surface area contributed by atoms with Crippen molar-refractivity contribution in [2.24, 2.45) is 0 Å².